The number of carbonyl (C=O) groups is 1. The molecule has 1 unspecified atom stereocenters. The lowest BCUT2D eigenvalue weighted by atomic mass is 9.83. The topological polar surface area (TPSA) is 46.3 Å². The van der Waals surface area contributed by atoms with Gasteiger partial charge in [-0.3, -0.25) is 4.79 Å². The first-order valence-corrected chi connectivity index (χ1v) is 5.77. The predicted molar refractivity (Wildman–Crippen MR) is 55.7 cm³/mol. The number of likely N-dealkylation sites (tertiary alicyclic amines) is 1. The summed E-state index contributed by atoms with van der Waals surface area (Å²) in [5.41, 5.74) is 5.57. The molecular formula is C11H20N2O. The third-order valence-electron chi connectivity index (χ3n) is 3.66. The molecule has 0 aromatic rings. The molecule has 3 nitrogen and oxygen atoms in total. The van der Waals surface area contributed by atoms with Gasteiger partial charge in [0.2, 0.25) is 5.91 Å². The summed E-state index contributed by atoms with van der Waals surface area (Å²) < 4.78 is 0. The molecule has 0 bridgehead atoms. The summed E-state index contributed by atoms with van der Waals surface area (Å²) in [5.74, 6) is 1.64. The van der Waals surface area contributed by atoms with E-state index in [2.05, 4.69) is 0 Å². The Morgan fingerprint density at radius 2 is 2.14 bits per heavy atom. The average Bonchev–Trinajstić information content (AvgIpc) is 2.45. The van der Waals surface area contributed by atoms with Crippen LogP contribution in [0.1, 0.15) is 32.1 Å². The summed E-state index contributed by atoms with van der Waals surface area (Å²) in [6, 6.07) is 0. The van der Waals surface area contributed by atoms with E-state index in [4.69, 9.17) is 5.73 Å². The molecule has 1 saturated carbocycles. The van der Waals surface area contributed by atoms with E-state index in [0.717, 1.165) is 19.0 Å². The molecule has 2 fully saturated rings. The highest BCUT2D eigenvalue weighted by molar-refractivity contribution is 5.78. The zero-order chi connectivity index (χ0) is 9.97. The lowest BCUT2D eigenvalue weighted by Gasteiger charge is -2.27. The van der Waals surface area contributed by atoms with Crippen LogP contribution in [-0.4, -0.2) is 30.4 Å². The van der Waals surface area contributed by atoms with Gasteiger partial charge in [0, 0.05) is 19.5 Å². The summed E-state index contributed by atoms with van der Waals surface area (Å²) in [4.78, 5) is 13.5. The number of nitrogens with zero attached hydrogens (tertiary/aromatic N) is 1. The molecule has 1 saturated heterocycles. The van der Waals surface area contributed by atoms with E-state index in [0.29, 0.717) is 24.8 Å². The molecule has 80 valence electrons. The minimum atomic E-state index is 0.319. The van der Waals surface area contributed by atoms with Crippen molar-refractivity contribution in [1.29, 1.82) is 0 Å². The van der Waals surface area contributed by atoms with Crippen LogP contribution in [0.4, 0.5) is 0 Å². The first-order valence-electron chi connectivity index (χ1n) is 5.77. The van der Waals surface area contributed by atoms with Gasteiger partial charge in [-0.15, -0.1) is 0 Å². The summed E-state index contributed by atoms with van der Waals surface area (Å²) in [6.07, 6.45) is 6.04. The highest BCUT2D eigenvalue weighted by Gasteiger charge is 2.29. The molecule has 1 aliphatic carbocycles. The lowest BCUT2D eigenvalue weighted by molar-refractivity contribution is -0.127. The van der Waals surface area contributed by atoms with E-state index in [1.807, 2.05) is 4.90 Å². The van der Waals surface area contributed by atoms with Gasteiger partial charge in [0.25, 0.3) is 0 Å². The van der Waals surface area contributed by atoms with Crippen molar-refractivity contribution in [2.24, 2.45) is 17.6 Å². The van der Waals surface area contributed by atoms with Crippen molar-refractivity contribution in [3.05, 3.63) is 0 Å². The van der Waals surface area contributed by atoms with Gasteiger partial charge in [-0.05, 0) is 24.8 Å². The zero-order valence-corrected chi connectivity index (χ0v) is 8.74. The van der Waals surface area contributed by atoms with Crippen molar-refractivity contribution in [2.75, 3.05) is 19.6 Å². The van der Waals surface area contributed by atoms with Crippen molar-refractivity contribution >= 4 is 5.91 Å². The fourth-order valence-electron chi connectivity index (χ4n) is 2.35. The standard InChI is InChI=1S/C11H20N2O/c12-7-10-6-11(14)13(8-10)5-4-9-2-1-3-9/h9-10H,1-8,12H2. The summed E-state index contributed by atoms with van der Waals surface area (Å²) >= 11 is 0. The van der Waals surface area contributed by atoms with Gasteiger partial charge >= 0.3 is 0 Å². The fourth-order valence-corrected chi connectivity index (χ4v) is 2.35. The van der Waals surface area contributed by atoms with Gasteiger partial charge < -0.3 is 10.6 Å². The van der Waals surface area contributed by atoms with Gasteiger partial charge in [0.1, 0.15) is 0 Å². The minimum Gasteiger partial charge on any atom is -0.342 e. The van der Waals surface area contributed by atoms with Crippen molar-refractivity contribution in [1.82, 2.24) is 4.90 Å². The number of rotatable bonds is 4. The van der Waals surface area contributed by atoms with E-state index in [1.54, 1.807) is 0 Å². The van der Waals surface area contributed by atoms with Crippen LogP contribution >= 0.6 is 0 Å². The molecule has 2 N–H and O–H groups in total. The third-order valence-corrected chi connectivity index (χ3v) is 3.66. The average molecular weight is 196 g/mol. The number of amides is 1. The van der Waals surface area contributed by atoms with Crippen LogP contribution in [0, 0.1) is 11.8 Å². The van der Waals surface area contributed by atoms with Crippen LogP contribution in [0.15, 0.2) is 0 Å². The first kappa shape index (κ1) is 9.97. The Bertz CT molecular complexity index is 213. The Morgan fingerprint density at radius 1 is 1.36 bits per heavy atom. The Hall–Kier alpha value is -0.570. The molecular weight excluding hydrogens is 176 g/mol. The lowest BCUT2D eigenvalue weighted by Crippen LogP contribution is -2.29. The van der Waals surface area contributed by atoms with Crippen LogP contribution in [0.5, 0.6) is 0 Å². The monoisotopic (exact) mass is 196 g/mol. The highest BCUT2D eigenvalue weighted by Crippen LogP contribution is 2.30. The number of nitrogens with two attached hydrogens (primary N) is 1. The molecule has 0 radical (unpaired) electrons. The molecule has 2 aliphatic rings. The molecule has 0 aromatic heterocycles. The van der Waals surface area contributed by atoms with Crippen molar-refractivity contribution in [3.8, 4) is 0 Å². The Morgan fingerprint density at radius 3 is 2.64 bits per heavy atom. The SMILES string of the molecule is NCC1CC(=O)N(CCC2CCC2)C1. The van der Waals surface area contributed by atoms with Crippen LogP contribution in [-0.2, 0) is 4.79 Å². The second kappa shape index (κ2) is 4.30. The Labute approximate surface area is 85.6 Å². The van der Waals surface area contributed by atoms with Gasteiger partial charge in [-0.1, -0.05) is 19.3 Å². The summed E-state index contributed by atoms with van der Waals surface area (Å²) in [5, 5.41) is 0. The summed E-state index contributed by atoms with van der Waals surface area (Å²) in [6.45, 7) is 2.54. The van der Waals surface area contributed by atoms with Gasteiger partial charge in [-0.25, -0.2) is 0 Å². The van der Waals surface area contributed by atoms with E-state index in [9.17, 15) is 4.79 Å². The second-order valence-corrected chi connectivity index (χ2v) is 4.73. The van der Waals surface area contributed by atoms with E-state index < -0.39 is 0 Å². The molecule has 0 spiro atoms. The maximum Gasteiger partial charge on any atom is 0.222 e. The van der Waals surface area contributed by atoms with Crippen molar-refractivity contribution in [3.63, 3.8) is 0 Å². The van der Waals surface area contributed by atoms with E-state index >= 15 is 0 Å². The molecule has 2 rings (SSSR count). The van der Waals surface area contributed by atoms with Gasteiger partial charge in [0.15, 0.2) is 0 Å². The molecule has 1 atom stereocenters. The van der Waals surface area contributed by atoms with Crippen LogP contribution in [0.2, 0.25) is 0 Å². The summed E-state index contributed by atoms with van der Waals surface area (Å²) in [7, 11) is 0. The normalized spacial score (nSPS) is 28.2. The smallest absolute Gasteiger partial charge is 0.222 e. The largest absolute Gasteiger partial charge is 0.342 e. The highest BCUT2D eigenvalue weighted by atomic mass is 16.2. The van der Waals surface area contributed by atoms with Crippen LogP contribution < -0.4 is 5.73 Å². The predicted octanol–water partition coefficient (Wildman–Crippen LogP) is 0.984. The zero-order valence-electron chi connectivity index (χ0n) is 8.74. The number of hydrogen-bond acceptors (Lipinski definition) is 2. The first-order chi connectivity index (χ1) is 6.79. The quantitative estimate of drug-likeness (QED) is 0.728. The molecule has 1 heterocycles. The maximum atomic E-state index is 11.5. The molecule has 1 amide bonds. The fraction of sp³-hybridized carbons (Fsp3) is 0.909. The minimum absolute atomic E-state index is 0.319. The molecule has 1 aliphatic heterocycles. The maximum absolute atomic E-state index is 11.5. The van der Waals surface area contributed by atoms with Crippen molar-refractivity contribution in [2.45, 2.75) is 32.1 Å². The van der Waals surface area contributed by atoms with E-state index in [1.165, 1.54) is 25.7 Å². The molecule has 3 heteroatoms. The second-order valence-electron chi connectivity index (χ2n) is 4.73. The number of carbonyl (C=O) groups excluding carboxylic acids is 1. The number of hydrogen-bond donors (Lipinski definition) is 1. The molecule has 0 aromatic carbocycles. The third kappa shape index (κ3) is 2.08. The Kier molecular flexibility index (Phi) is 3.06. The molecule has 14 heavy (non-hydrogen) atoms. The van der Waals surface area contributed by atoms with Crippen LogP contribution in [0.3, 0.4) is 0 Å². The van der Waals surface area contributed by atoms with Gasteiger partial charge in [0.05, 0.1) is 0 Å². The van der Waals surface area contributed by atoms with Crippen molar-refractivity contribution < 1.29 is 4.79 Å². The van der Waals surface area contributed by atoms with Crippen LogP contribution in [0.25, 0.3) is 0 Å². The van der Waals surface area contributed by atoms with E-state index in [-0.39, 0.29) is 0 Å². The van der Waals surface area contributed by atoms with Gasteiger partial charge in [-0.2, -0.15) is 0 Å². The Balaban J connectivity index is 1.71.